The van der Waals surface area contributed by atoms with Crippen molar-refractivity contribution < 1.29 is 9.84 Å². The molecule has 1 aliphatic heterocycles. The highest BCUT2D eigenvalue weighted by Gasteiger charge is 2.37. The van der Waals surface area contributed by atoms with E-state index in [2.05, 4.69) is 32.6 Å². The van der Waals surface area contributed by atoms with E-state index < -0.39 is 5.60 Å². The molecule has 1 N–H and O–H groups in total. The Labute approximate surface area is 102 Å². The number of halogens is 1. The SMILES string of the molecule is COc1nc(I)cc(N2CC(C)(O)C2)n1. The van der Waals surface area contributed by atoms with Gasteiger partial charge in [0.15, 0.2) is 0 Å². The third-order valence-corrected chi connectivity index (χ3v) is 2.78. The van der Waals surface area contributed by atoms with Crippen LogP contribution in [0, 0.1) is 3.70 Å². The Kier molecular flexibility index (Phi) is 2.72. The molecule has 1 aromatic heterocycles. The lowest BCUT2D eigenvalue weighted by Crippen LogP contribution is -2.60. The quantitative estimate of drug-likeness (QED) is 0.641. The first-order valence-electron chi connectivity index (χ1n) is 4.56. The van der Waals surface area contributed by atoms with E-state index in [9.17, 15) is 5.11 Å². The van der Waals surface area contributed by atoms with Crippen molar-refractivity contribution in [1.82, 2.24) is 9.97 Å². The number of methoxy groups -OCH3 is 1. The molecule has 0 spiro atoms. The summed E-state index contributed by atoms with van der Waals surface area (Å²) in [6.45, 7) is 3.01. The highest BCUT2D eigenvalue weighted by atomic mass is 127. The van der Waals surface area contributed by atoms with Gasteiger partial charge in [-0.2, -0.15) is 9.97 Å². The van der Waals surface area contributed by atoms with Crippen LogP contribution in [-0.4, -0.2) is 40.9 Å². The van der Waals surface area contributed by atoms with Gasteiger partial charge in [0.25, 0.3) is 0 Å². The number of hydrogen-bond acceptors (Lipinski definition) is 5. The van der Waals surface area contributed by atoms with Crippen LogP contribution in [0.1, 0.15) is 6.92 Å². The number of rotatable bonds is 2. The number of aliphatic hydroxyl groups is 1. The molecule has 0 bridgehead atoms. The van der Waals surface area contributed by atoms with E-state index >= 15 is 0 Å². The van der Waals surface area contributed by atoms with Crippen molar-refractivity contribution in [2.45, 2.75) is 12.5 Å². The third kappa shape index (κ3) is 2.31. The van der Waals surface area contributed by atoms with Crippen molar-refractivity contribution in [3.63, 3.8) is 0 Å². The van der Waals surface area contributed by atoms with Gasteiger partial charge in [-0.05, 0) is 29.5 Å². The molecule has 1 saturated heterocycles. The first-order valence-corrected chi connectivity index (χ1v) is 5.64. The van der Waals surface area contributed by atoms with Gasteiger partial charge in [-0.3, -0.25) is 0 Å². The van der Waals surface area contributed by atoms with Crippen molar-refractivity contribution >= 4 is 28.4 Å². The van der Waals surface area contributed by atoms with Crippen LogP contribution in [0.15, 0.2) is 6.07 Å². The molecule has 0 amide bonds. The first kappa shape index (κ1) is 10.9. The zero-order valence-electron chi connectivity index (χ0n) is 8.57. The van der Waals surface area contributed by atoms with Gasteiger partial charge in [0.05, 0.1) is 12.7 Å². The Balaban J connectivity index is 2.19. The van der Waals surface area contributed by atoms with Gasteiger partial charge in [0, 0.05) is 19.2 Å². The largest absolute Gasteiger partial charge is 0.467 e. The molecule has 15 heavy (non-hydrogen) atoms. The molecule has 2 rings (SSSR count). The topological polar surface area (TPSA) is 58.5 Å². The van der Waals surface area contributed by atoms with Gasteiger partial charge in [0.2, 0.25) is 0 Å². The van der Waals surface area contributed by atoms with Gasteiger partial charge in [-0.15, -0.1) is 0 Å². The number of hydrogen-bond donors (Lipinski definition) is 1. The number of nitrogens with zero attached hydrogens (tertiary/aromatic N) is 3. The van der Waals surface area contributed by atoms with E-state index in [-0.39, 0.29) is 0 Å². The molecule has 5 nitrogen and oxygen atoms in total. The molecule has 2 heterocycles. The summed E-state index contributed by atoms with van der Waals surface area (Å²) >= 11 is 2.12. The van der Waals surface area contributed by atoms with Gasteiger partial charge in [-0.25, -0.2) is 0 Å². The molecule has 1 fully saturated rings. The molecule has 0 atom stereocenters. The van der Waals surface area contributed by atoms with Gasteiger partial charge in [-0.1, -0.05) is 0 Å². The zero-order chi connectivity index (χ0) is 11.1. The summed E-state index contributed by atoms with van der Waals surface area (Å²) in [5.41, 5.74) is -0.594. The van der Waals surface area contributed by atoms with Crippen molar-refractivity contribution in [1.29, 1.82) is 0 Å². The van der Waals surface area contributed by atoms with Crippen LogP contribution in [0.5, 0.6) is 6.01 Å². The highest BCUT2D eigenvalue weighted by Crippen LogP contribution is 2.27. The third-order valence-electron chi connectivity index (χ3n) is 2.23. The number of anilines is 1. The lowest BCUT2D eigenvalue weighted by molar-refractivity contribution is 0.0304. The maximum absolute atomic E-state index is 9.62. The second kappa shape index (κ2) is 3.75. The van der Waals surface area contributed by atoms with E-state index in [0.29, 0.717) is 19.1 Å². The van der Waals surface area contributed by atoms with Gasteiger partial charge < -0.3 is 14.7 Å². The van der Waals surface area contributed by atoms with Gasteiger partial charge >= 0.3 is 6.01 Å². The minimum absolute atomic E-state index is 0.364. The Morgan fingerprint density at radius 1 is 1.53 bits per heavy atom. The predicted octanol–water partition coefficient (Wildman–Crippen LogP) is 0.661. The monoisotopic (exact) mass is 321 g/mol. The Morgan fingerprint density at radius 2 is 2.20 bits per heavy atom. The fraction of sp³-hybridized carbons (Fsp3) is 0.556. The van der Waals surface area contributed by atoms with Crippen LogP contribution in [-0.2, 0) is 0 Å². The summed E-state index contributed by atoms with van der Waals surface area (Å²) in [6.07, 6.45) is 0. The smallest absolute Gasteiger partial charge is 0.319 e. The Hall–Kier alpha value is -0.630. The Morgan fingerprint density at radius 3 is 2.73 bits per heavy atom. The molecular formula is C9H12IN3O2. The minimum atomic E-state index is -0.594. The van der Waals surface area contributed by atoms with E-state index in [1.165, 1.54) is 0 Å². The van der Waals surface area contributed by atoms with Crippen LogP contribution in [0.4, 0.5) is 5.82 Å². The maximum atomic E-state index is 9.62. The van der Waals surface area contributed by atoms with Crippen LogP contribution < -0.4 is 9.64 Å². The van der Waals surface area contributed by atoms with Crippen LogP contribution in [0.3, 0.4) is 0 Å². The first-order chi connectivity index (χ1) is 7.00. The van der Waals surface area contributed by atoms with E-state index in [4.69, 9.17) is 4.74 Å². The average Bonchev–Trinajstić information content (AvgIpc) is 2.13. The highest BCUT2D eigenvalue weighted by molar-refractivity contribution is 14.1. The summed E-state index contributed by atoms with van der Waals surface area (Å²) in [7, 11) is 1.54. The summed E-state index contributed by atoms with van der Waals surface area (Å²) < 4.78 is 5.82. The van der Waals surface area contributed by atoms with E-state index in [1.54, 1.807) is 7.11 Å². The van der Waals surface area contributed by atoms with Gasteiger partial charge in [0.1, 0.15) is 9.52 Å². The summed E-state index contributed by atoms with van der Waals surface area (Å²) in [5.74, 6) is 0.803. The van der Waals surface area contributed by atoms with Crippen LogP contribution in [0.25, 0.3) is 0 Å². The van der Waals surface area contributed by atoms with Crippen molar-refractivity contribution in [2.75, 3.05) is 25.1 Å². The fourth-order valence-electron chi connectivity index (χ4n) is 1.58. The van der Waals surface area contributed by atoms with Crippen molar-refractivity contribution in [3.05, 3.63) is 9.77 Å². The maximum Gasteiger partial charge on any atom is 0.319 e. The average molecular weight is 321 g/mol. The molecule has 1 aliphatic rings. The molecule has 0 aromatic carbocycles. The Bertz CT molecular complexity index is 376. The normalized spacial score (nSPS) is 18.5. The molecule has 0 unspecified atom stereocenters. The molecule has 0 aliphatic carbocycles. The number of ether oxygens (including phenoxy) is 1. The number of aromatic nitrogens is 2. The summed E-state index contributed by atoms with van der Waals surface area (Å²) in [5, 5.41) is 9.62. The van der Waals surface area contributed by atoms with Crippen LogP contribution in [0.2, 0.25) is 0 Å². The predicted molar refractivity (Wildman–Crippen MR) is 64.1 cm³/mol. The lowest BCUT2D eigenvalue weighted by Gasteiger charge is -2.44. The van der Waals surface area contributed by atoms with E-state index in [0.717, 1.165) is 9.52 Å². The second-order valence-corrected chi connectivity index (χ2v) is 4.99. The second-order valence-electron chi connectivity index (χ2n) is 3.89. The lowest BCUT2D eigenvalue weighted by atomic mass is 9.97. The molecule has 0 radical (unpaired) electrons. The number of β-amino-alcohol motifs (C(OH)–C–C–N with tert-alkyl or cyclic N) is 1. The summed E-state index contributed by atoms with van der Waals surface area (Å²) in [6, 6.07) is 2.24. The summed E-state index contributed by atoms with van der Waals surface area (Å²) in [4.78, 5) is 10.3. The fourth-order valence-corrected chi connectivity index (χ4v) is 2.06. The molecule has 0 saturated carbocycles. The zero-order valence-corrected chi connectivity index (χ0v) is 10.7. The van der Waals surface area contributed by atoms with E-state index in [1.807, 2.05) is 17.9 Å². The molecule has 1 aromatic rings. The standard InChI is InChI=1S/C9H12IN3O2/c1-9(14)4-13(5-9)7-3-6(10)11-8(12-7)15-2/h3,14H,4-5H2,1-2H3. The molecular weight excluding hydrogens is 309 g/mol. The van der Waals surface area contributed by atoms with Crippen LogP contribution >= 0.6 is 22.6 Å². The minimum Gasteiger partial charge on any atom is -0.467 e. The molecule has 6 heteroatoms. The molecule has 82 valence electrons. The van der Waals surface area contributed by atoms with Crippen molar-refractivity contribution in [3.8, 4) is 6.01 Å². The van der Waals surface area contributed by atoms with Crippen molar-refractivity contribution in [2.24, 2.45) is 0 Å².